The van der Waals surface area contributed by atoms with Crippen LogP contribution in [0.2, 0.25) is 0 Å². The van der Waals surface area contributed by atoms with E-state index in [0.29, 0.717) is 30.6 Å². The minimum Gasteiger partial charge on any atom is -0.496 e. The molecule has 3 rings (SSSR count). The molecule has 2 aliphatic heterocycles. The van der Waals surface area contributed by atoms with E-state index in [1.54, 1.807) is 7.11 Å². The van der Waals surface area contributed by atoms with Crippen LogP contribution >= 0.6 is 0 Å². The maximum Gasteiger partial charge on any atom is 0.122 e. The highest BCUT2D eigenvalue weighted by molar-refractivity contribution is 5.38. The molecule has 2 N–H and O–H groups in total. The van der Waals surface area contributed by atoms with Crippen LogP contribution in [0.5, 0.6) is 5.75 Å². The summed E-state index contributed by atoms with van der Waals surface area (Å²) in [7, 11) is 1.73. The van der Waals surface area contributed by atoms with E-state index < -0.39 is 0 Å². The second-order valence-electron chi connectivity index (χ2n) is 4.96. The molecule has 0 spiro atoms. The summed E-state index contributed by atoms with van der Waals surface area (Å²) in [6, 6.07) is 8.25. The van der Waals surface area contributed by atoms with Crippen LogP contribution in [-0.2, 0) is 4.74 Å². The van der Waals surface area contributed by atoms with Crippen molar-refractivity contribution in [3.63, 3.8) is 0 Å². The van der Waals surface area contributed by atoms with Gasteiger partial charge in [-0.15, -0.1) is 0 Å². The molecule has 0 aliphatic carbocycles. The van der Waals surface area contributed by atoms with E-state index >= 15 is 0 Å². The summed E-state index contributed by atoms with van der Waals surface area (Å²) in [5.74, 6) is 1.83. The highest BCUT2D eigenvalue weighted by Crippen LogP contribution is 2.50. The second kappa shape index (κ2) is 4.31. The molecule has 17 heavy (non-hydrogen) atoms. The van der Waals surface area contributed by atoms with Gasteiger partial charge in [0.25, 0.3) is 0 Å². The van der Waals surface area contributed by atoms with Crippen LogP contribution in [0.25, 0.3) is 0 Å². The fourth-order valence-corrected chi connectivity index (χ4v) is 3.45. The number of hydrogen-bond acceptors (Lipinski definition) is 3. The molecule has 0 radical (unpaired) electrons. The maximum atomic E-state index is 6.01. The molecule has 92 valence electrons. The molecule has 2 heterocycles. The molecule has 0 aromatic heterocycles. The first-order chi connectivity index (χ1) is 8.35. The molecule has 1 aromatic carbocycles. The van der Waals surface area contributed by atoms with E-state index in [0.717, 1.165) is 18.6 Å². The number of rotatable bonds is 3. The number of fused-ring (bicyclic) bond motifs is 2. The second-order valence-corrected chi connectivity index (χ2v) is 4.96. The number of ether oxygens (including phenoxy) is 2. The lowest BCUT2D eigenvalue weighted by molar-refractivity contribution is 0.0917. The number of nitrogens with two attached hydrogens (primary N) is 1. The van der Waals surface area contributed by atoms with Gasteiger partial charge in [-0.2, -0.15) is 0 Å². The van der Waals surface area contributed by atoms with Gasteiger partial charge < -0.3 is 15.2 Å². The summed E-state index contributed by atoms with van der Waals surface area (Å²) in [5.41, 5.74) is 7.18. The molecule has 3 heteroatoms. The van der Waals surface area contributed by atoms with Gasteiger partial charge in [-0.25, -0.2) is 0 Å². The van der Waals surface area contributed by atoms with Gasteiger partial charge in [0.05, 0.1) is 19.3 Å². The zero-order valence-electron chi connectivity index (χ0n) is 10.1. The van der Waals surface area contributed by atoms with Crippen molar-refractivity contribution in [2.75, 3.05) is 13.7 Å². The van der Waals surface area contributed by atoms with Gasteiger partial charge in [0.1, 0.15) is 5.75 Å². The van der Waals surface area contributed by atoms with Crippen LogP contribution in [0.1, 0.15) is 24.3 Å². The lowest BCUT2D eigenvalue weighted by Gasteiger charge is -2.28. The van der Waals surface area contributed by atoms with Crippen LogP contribution in [0.4, 0.5) is 0 Å². The van der Waals surface area contributed by atoms with Crippen LogP contribution in [0.3, 0.4) is 0 Å². The van der Waals surface area contributed by atoms with Crippen molar-refractivity contribution < 1.29 is 9.47 Å². The molecule has 2 fully saturated rings. The summed E-state index contributed by atoms with van der Waals surface area (Å²) >= 11 is 0. The minimum absolute atomic E-state index is 0.338. The molecule has 2 bridgehead atoms. The smallest absolute Gasteiger partial charge is 0.122 e. The van der Waals surface area contributed by atoms with E-state index in [1.165, 1.54) is 5.56 Å². The lowest BCUT2D eigenvalue weighted by atomic mass is 9.75. The highest BCUT2D eigenvalue weighted by atomic mass is 16.5. The Bertz CT molecular complexity index is 407. The molecule has 4 unspecified atom stereocenters. The monoisotopic (exact) mass is 233 g/mol. The molecule has 3 nitrogen and oxygen atoms in total. The lowest BCUT2D eigenvalue weighted by Crippen LogP contribution is -2.31. The maximum absolute atomic E-state index is 6.01. The Balaban J connectivity index is 1.97. The molecule has 0 amide bonds. The van der Waals surface area contributed by atoms with Crippen LogP contribution in [0.15, 0.2) is 24.3 Å². The Morgan fingerprint density at radius 2 is 2.06 bits per heavy atom. The van der Waals surface area contributed by atoms with Gasteiger partial charge in [-0.3, -0.25) is 0 Å². The third-order valence-electron chi connectivity index (χ3n) is 4.19. The first kappa shape index (κ1) is 11.1. The van der Waals surface area contributed by atoms with Crippen molar-refractivity contribution in [2.45, 2.75) is 31.0 Å². The first-order valence-electron chi connectivity index (χ1n) is 6.33. The Kier molecular flexibility index (Phi) is 2.81. The summed E-state index contributed by atoms with van der Waals surface area (Å²) in [6.07, 6.45) is 3.02. The molecule has 0 saturated carbocycles. The predicted octanol–water partition coefficient (Wildman–Crippen LogP) is 1.91. The standard InChI is InChI=1S/C14H19NO2/c1-16-11-5-3-2-4-9(11)14-10(8-15)12-6-7-13(14)17-12/h2-5,10,12-14H,6-8,15H2,1H3. The van der Waals surface area contributed by atoms with Gasteiger partial charge in [-0.05, 0) is 25.5 Å². The van der Waals surface area contributed by atoms with Gasteiger partial charge in [-0.1, -0.05) is 18.2 Å². The average Bonchev–Trinajstić information content (AvgIpc) is 2.98. The SMILES string of the molecule is COc1ccccc1C1C2CCC(O2)C1CN. The van der Waals surface area contributed by atoms with Crippen molar-refractivity contribution in [3.05, 3.63) is 29.8 Å². The molecule has 1 aromatic rings. The van der Waals surface area contributed by atoms with Crippen molar-refractivity contribution in [2.24, 2.45) is 11.7 Å². The zero-order valence-corrected chi connectivity index (χ0v) is 10.1. The van der Waals surface area contributed by atoms with Crippen LogP contribution in [-0.4, -0.2) is 25.9 Å². The molecule has 2 aliphatic rings. The predicted molar refractivity (Wildman–Crippen MR) is 66.2 cm³/mol. The van der Waals surface area contributed by atoms with E-state index in [4.69, 9.17) is 15.2 Å². The van der Waals surface area contributed by atoms with Gasteiger partial charge >= 0.3 is 0 Å². The summed E-state index contributed by atoms with van der Waals surface area (Å²) in [5, 5.41) is 0. The first-order valence-corrected chi connectivity index (χ1v) is 6.33. The fraction of sp³-hybridized carbons (Fsp3) is 0.571. The van der Waals surface area contributed by atoms with E-state index in [9.17, 15) is 0 Å². The Morgan fingerprint density at radius 1 is 1.29 bits per heavy atom. The van der Waals surface area contributed by atoms with Crippen molar-refractivity contribution in [3.8, 4) is 5.75 Å². The van der Waals surface area contributed by atoms with Gasteiger partial charge in [0.15, 0.2) is 0 Å². The minimum atomic E-state index is 0.338. The van der Waals surface area contributed by atoms with Crippen LogP contribution in [0, 0.1) is 5.92 Å². The summed E-state index contributed by atoms with van der Waals surface area (Å²) in [6.45, 7) is 0.698. The number of methoxy groups -OCH3 is 1. The molecule has 4 atom stereocenters. The third-order valence-corrected chi connectivity index (χ3v) is 4.19. The fourth-order valence-electron chi connectivity index (χ4n) is 3.45. The van der Waals surface area contributed by atoms with Crippen molar-refractivity contribution >= 4 is 0 Å². The van der Waals surface area contributed by atoms with Gasteiger partial charge in [0, 0.05) is 17.4 Å². The number of para-hydroxylation sites is 1. The number of hydrogen-bond donors (Lipinski definition) is 1. The Labute approximate surface area is 102 Å². The zero-order chi connectivity index (χ0) is 11.8. The average molecular weight is 233 g/mol. The highest BCUT2D eigenvalue weighted by Gasteiger charge is 2.49. The Morgan fingerprint density at radius 3 is 2.82 bits per heavy atom. The molecular formula is C14H19NO2. The third kappa shape index (κ3) is 1.65. The van der Waals surface area contributed by atoms with E-state index in [1.807, 2.05) is 12.1 Å². The quantitative estimate of drug-likeness (QED) is 0.867. The van der Waals surface area contributed by atoms with Crippen molar-refractivity contribution in [1.82, 2.24) is 0 Å². The van der Waals surface area contributed by atoms with Gasteiger partial charge in [0.2, 0.25) is 0 Å². The van der Waals surface area contributed by atoms with E-state index in [2.05, 4.69) is 12.1 Å². The topological polar surface area (TPSA) is 44.5 Å². The van der Waals surface area contributed by atoms with Crippen molar-refractivity contribution in [1.29, 1.82) is 0 Å². The molecule has 2 saturated heterocycles. The molecular weight excluding hydrogens is 214 g/mol. The Hall–Kier alpha value is -1.06. The summed E-state index contributed by atoms with van der Waals surface area (Å²) in [4.78, 5) is 0. The summed E-state index contributed by atoms with van der Waals surface area (Å²) < 4.78 is 11.5. The van der Waals surface area contributed by atoms with E-state index in [-0.39, 0.29) is 0 Å². The largest absolute Gasteiger partial charge is 0.496 e. The number of benzene rings is 1. The normalized spacial score (nSPS) is 35.2. The van der Waals surface area contributed by atoms with Crippen LogP contribution < -0.4 is 10.5 Å².